The second-order valence-electron chi connectivity index (χ2n) is 5.88. The fraction of sp³-hybridized carbons (Fsp3) is 0.733. The minimum absolute atomic E-state index is 0.196. The van der Waals surface area contributed by atoms with E-state index in [1.54, 1.807) is 11.3 Å². The third kappa shape index (κ3) is 3.95. The first kappa shape index (κ1) is 14.8. The van der Waals surface area contributed by atoms with Gasteiger partial charge in [-0.15, -0.1) is 11.3 Å². The molecule has 6 heteroatoms. The van der Waals surface area contributed by atoms with Gasteiger partial charge in [0.2, 0.25) is 5.91 Å². The molecule has 0 spiro atoms. The van der Waals surface area contributed by atoms with Crippen LogP contribution in [0.15, 0.2) is 5.38 Å². The minimum atomic E-state index is 0.196. The number of nitrogens with zero attached hydrogens (tertiary/aromatic N) is 2. The van der Waals surface area contributed by atoms with Crippen molar-refractivity contribution in [3.8, 4) is 0 Å². The van der Waals surface area contributed by atoms with Crippen LogP contribution in [0.5, 0.6) is 0 Å². The number of amides is 1. The van der Waals surface area contributed by atoms with Gasteiger partial charge in [-0.05, 0) is 38.8 Å². The van der Waals surface area contributed by atoms with Crippen LogP contribution in [-0.2, 0) is 11.2 Å². The van der Waals surface area contributed by atoms with Gasteiger partial charge in [0, 0.05) is 37.4 Å². The summed E-state index contributed by atoms with van der Waals surface area (Å²) >= 11 is 1.73. The summed E-state index contributed by atoms with van der Waals surface area (Å²) in [5.74, 6) is 0.411. The number of nitrogens with one attached hydrogen (secondary N) is 2. The number of thiazole rings is 1. The number of rotatable bonds is 5. The quantitative estimate of drug-likeness (QED) is 0.863. The predicted octanol–water partition coefficient (Wildman–Crippen LogP) is 1.40. The van der Waals surface area contributed by atoms with E-state index < -0.39 is 0 Å². The van der Waals surface area contributed by atoms with E-state index in [-0.39, 0.29) is 11.8 Å². The molecular weight excluding hydrogens is 284 g/mol. The Bertz CT molecular complexity index is 464. The molecule has 0 unspecified atom stereocenters. The first-order valence-electron chi connectivity index (χ1n) is 8.01. The van der Waals surface area contributed by atoms with Crippen LogP contribution < -0.4 is 15.5 Å². The molecular formula is C15H24N4OS. The van der Waals surface area contributed by atoms with Crippen molar-refractivity contribution in [2.24, 2.45) is 5.92 Å². The Morgan fingerprint density at radius 1 is 1.38 bits per heavy atom. The van der Waals surface area contributed by atoms with E-state index in [2.05, 4.69) is 25.9 Å². The number of anilines is 1. The van der Waals surface area contributed by atoms with Gasteiger partial charge in [-0.25, -0.2) is 4.98 Å². The molecule has 1 aromatic rings. The Morgan fingerprint density at radius 2 is 2.14 bits per heavy atom. The Kier molecular flexibility index (Phi) is 5.08. The maximum absolute atomic E-state index is 12.0. The molecule has 2 fully saturated rings. The molecule has 0 saturated carbocycles. The van der Waals surface area contributed by atoms with E-state index in [1.165, 1.54) is 12.8 Å². The summed E-state index contributed by atoms with van der Waals surface area (Å²) in [6.45, 7) is 4.90. The highest BCUT2D eigenvalue weighted by Crippen LogP contribution is 2.24. The number of carbonyl (C=O) groups is 1. The number of carbonyl (C=O) groups excluding carboxylic acids is 1. The lowest BCUT2D eigenvalue weighted by Gasteiger charge is -2.21. The molecule has 0 aromatic carbocycles. The zero-order chi connectivity index (χ0) is 14.5. The van der Waals surface area contributed by atoms with Gasteiger partial charge in [0.1, 0.15) is 0 Å². The summed E-state index contributed by atoms with van der Waals surface area (Å²) in [7, 11) is 0. The molecule has 3 rings (SSSR count). The van der Waals surface area contributed by atoms with Crippen LogP contribution >= 0.6 is 11.3 Å². The van der Waals surface area contributed by atoms with Crippen LogP contribution in [-0.4, -0.2) is 43.6 Å². The average molecular weight is 308 g/mol. The van der Waals surface area contributed by atoms with Crippen LogP contribution in [0.1, 0.15) is 31.4 Å². The lowest BCUT2D eigenvalue weighted by Crippen LogP contribution is -2.38. The second kappa shape index (κ2) is 7.22. The maximum Gasteiger partial charge on any atom is 0.223 e. The summed E-state index contributed by atoms with van der Waals surface area (Å²) in [6.07, 6.45) is 5.31. The fourth-order valence-electron chi connectivity index (χ4n) is 3.01. The van der Waals surface area contributed by atoms with Gasteiger partial charge in [-0.2, -0.15) is 0 Å². The van der Waals surface area contributed by atoms with Crippen molar-refractivity contribution >= 4 is 22.4 Å². The topological polar surface area (TPSA) is 57.3 Å². The highest BCUT2D eigenvalue weighted by molar-refractivity contribution is 7.13. The molecule has 2 N–H and O–H groups in total. The molecule has 0 radical (unpaired) electrons. The molecule has 1 aromatic heterocycles. The van der Waals surface area contributed by atoms with Gasteiger partial charge in [-0.1, -0.05) is 0 Å². The summed E-state index contributed by atoms with van der Waals surface area (Å²) < 4.78 is 0. The van der Waals surface area contributed by atoms with Gasteiger partial charge in [0.25, 0.3) is 0 Å². The Labute approximate surface area is 130 Å². The van der Waals surface area contributed by atoms with Crippen LogP contribution in [0.3, 0.4) is 0 Å². The summed E-state index contributed by atoms with van der Waals surface area (Å²) in [5, 5.41) is 9.63. The van der Waals surface area contributed by atoms with Gasteiger partial charge < -0.3 is 15.5 Å². The zero-order valence-electron chi connectivity index (χ0n) is 12.4. The molecule has 2 saturated heterocycles. The van der Waals surface area contributed by atoms with Gasteiger partial charge in [-0.3, -0.25) is 4.79 Å². The first-order valence-corrected chi connectivity index (χ1v) is 8.88. The highest BCUT2D eigenvalue weighted by Gasteiger charge is 2.20. The maximum atomic E-state index is 12.0. The van der Waals surface area contributed by atoms with Crippen molar-refractivity contribution in [3.05, 3.63) is 11.1 Å². The molecule has 116 valence electrons. The van der Waals surface area contributed by atoms with E-state index >= 15 is 0 Å². The SMILES string of the molecule is O=C(NCCc1csc(N2CCCC2)n1)C1CCNCC1. The molecule has 2 aliphatic heterocycles. The third-order valence-electron chi connectivity index (χ3n) is 4.31. The fourth-order valence-corrected chi connectivity index (χ4v) is 3.92. The number of aromatic nitrogens is 1. The molecule has 21 heavy (non-hydrogen) atoms. The normalized spacial score (nSPS) is 19.9. The van der Waals surface area contributed by atoms with Crippen molar-refractivity contribution in [3.63, 3.8) is 0 Å². The van der Waals surface area contributed by atoms with Crippen molar-refractivity contribution in [2.45, 2.75) is 32.1 Å². The third-order valence-corrected chi connectivity index (χ3v) is 5.26. The van der Waals surface area contributed by atoms with Crippen molar-refractivity contribution < 1.29 is 4.79 Å². The van der Waals surface area contributed by atoms with E-state index in [4.69, 9.17) is 0 Å². The lowest BCUT2D eigenvalue weighted by atomic mass is 9.97. The predicted molar refractivity (Wildman–Crippen MR) is 85.9 cm³/mol. The van der Waals surface area contributed by atoms with Gasteiger partial charge >= 0.3 is 0 Å². The summed E-state index contributed by atoms with van der Waals surface area (Å²) in [4.78, 5) is 19.1. The largest absolute Gasteiger partial charge is 0.355 e. The van der Waals surface area contributed by atoms with Crippen molar-refractivity contribution in [1.82, 2.24) is 15.6 Å². The number of hydrogen-bond donors (Lipinski definition) is 2. The van der Waals surface area contributed by atoms with E-state index in [0.29, 0.717) is 6.54 Å². The molecule has 0 atom stereocenters. The van der Waals surface area contributed by atoms with Crippen LogP contribution in [0.2, 0.25) is 0 Å². The minimum Gasteiger partial charge on any atom is -0.355 e. The number of hydrogen-bond acceptors (Lipinski definition) is 5. The average Bonchev–Trinajstić information content (AvgIpc) is 3.19. The van der Waals surface area contributed by atoms with Crippen molar-refractivity contribution in [1.29, 1.82) is 0 Å². The Balaban J connectivity index is 1.41. The van der Waals surface area contributed by atoms with E-state index in [9.17, 15) is 4.79 Å². The van der Waals surface area contributed by atoms with Gasteiger partial charge in [0.15, 0.2) is 5.13 Å². The van der Waals surface area contributed by atoms with Crippen molar-refractivity contribution in [2.75, 3.05) is 37.6 Å². The summed E-state index contributed by atoms with van der Waals surface area (Å²) in [6, 6.07) is 0. The molecule has 3 heterocycles. The lowest BCUT2D eigenvalue weighted by molar-refractivity contribution is -0.125. The molecule has 1 amide bonds. The smallest absolute Gasteiger partial charge is 0.223 e. The Hall–Kier alpha value is -1.14. The van der Waals surface area contributed by atoms with Crippen LogP contribution in [0, 0.1) is 5.92 Å². The standard InChI is InChI=1S/C15H24N4OS/c20-14(12-3-6-16-7-4-12)17-8-5-13-11-21-15(18-13)19-9-1-2-10-19/h11-12,16H,1-10H2,(H,17,20). The van der Waals surface area contributed by atoms with E-state index in [0.717, 1.165) is 56.3 Å². The molecule has 5 nitrogen and oxygen atoms in total. The monoisotopic (exact) mass is 308 g/mol. The molecule has 0 bridgehead atoms. The van der Waals surface area contributed by atoms with Crippen LogP contribution in [0.25, 0.3) is 0 Å². The van der Waals surface area contributed by atoms with E-state index in [1.807, 2.05) is 0 Å². The first-order chi connectivity index (χ1) is 10.3. The van der Waals surface area contributed by atoms with Crippen LogP contribution in [0.4, 0.5) is 5.13 Å². The van der Waals surface area contributed by atoms with Gasteiger partial charge in [0.05, 0.1) is 5.69 Å². The number of piperidine rings is 1. The molecule has 0 aliphatic carbocycles. The molecule has 2 aliphatic rings. The summed E-state index contributed by atoms with van der Waals surface area (Å²) in [5.41, 5.74) is 1.10. The Morgan fingerprint density at radius 3 is 2.90 bits per heavy atom. The highest BCUT2D eigenvalue weighted by atomic mass is 32.1. The zero-order valence-corrected chi connectivity index (χ0v) is 13.3. The second-order valence-corrected chi connectivity index (χ2v) is 6.72.